The quantitative estimate of drug-likeness (QED) is 0.874. The lowest BCUT2D eigenvalue weighted by Crippen LogP contribution is -2.48. The van der Waals surface area contributed by atoms with E-state index in [2.05, 4.69) is 5.32 Å². The molecular weight excluding hydrogens is 302 g/mol. The summed E-state index contributed by atoms with van der Waals surface area (Å²) in [6, 6.07) is 7.32. The molecule has 0 bridgehead atoms. The fourth-order valence-corrected chi connectivity index (χ4v) is 2.55. The lowest BCUT2D eigenvalue weighted by atomic mass is 9.96. The molecule has 0 spiro atoms. The summed E-state index contributed by atoms with van der Waals surface area (Å²) in [4.78, 5) is 25.6. The van der Waals surface area contributed by atoms with E-state index in [0.717, 1.165) is 25.1 Å². The third-order valence-electron chi connectivity index (χ3n) is 3.80. The van der Waals surface area contributed by atoms with E-state index in [9.17, 15) is 9.59 Å². The molecule has 5 nitrogen and oxygen atoms in total. The van der Waals surface area contributed by atoms with Gasteiger partial charge in [0, 0.05) is 24.3 Å². The molecule has 1 atom stereocenters. The summed E-state index contributed by atoms with van der Waals surface area (Å²) >= 11 is 0. The Labute approximate surface area is 137 Å². The van der Waals surface area contributed by atoms with Crippen molar-refractivity contribution in [2.45, 2.75) is 45.1 Å². The molecule has 1 unspecified atom stereocenters. The summed E-state index contributed by atoms with van der Waals surface area (Å²) in [6.45, 7) is 4.51. The van der Waals surface area contributed by atoms with Gasteiger partial charge in [-0.1, -0.05) is 13.3 Å². The Morgan fingerprint density at radius 1 is 1.36 bits per heavy atom. The number of amides is 2. The van der Waals surface area contributed by atoms with E-state index < -0.39 is 5.54 Å². The van der Waals surface area contributed by atoms with Crippen LogP contribution in [0.3, 0.4) is 0 Å². The number of hydrogen-bond donors (Lipinski definition) is 2. The topological polar surface area (TPSA) is 75.4 Å². The average molecular weight is 326 g/mol. The number of anilines is 2. The molecule has 1 fully saturated rings. The molecule has 0 aromatic heterocycles. The zero-order valence-electron chi connectivity index (χ0n) is 13.1. The van der Waals surface area contributed by atoms with Crippen LogP contribution in [0.4, 0.5) is 11.4 Å². The van der Waals surface area contributed by atoms with Gasteiger partial charge in [-0.15, -0.1) is 12.4 Å². The third kappa shape index (κ3) is 4.21. The maximum Gasteiger partial charge on any atom is 0.244 e. The van der Waals surface area contributed by atoms with Gasteiger partial charge in [0.05, 0.1) is 5.54 Å². The predicted octanol–water partition coefficient (Wildman–Crippen LogP) is 2.69. The Morgan fingerprint density at radius 2 is 2.00 bits per heavy atom. The number of rotatable bonds is 5. The number of nitrogens with zero attached hydrogens (tertiary/aromatic N) is 1. The van der Waals surface area contributed by atoms with Gasteiger partial charge in [-0.3, -0.25) is 9.59 Å². The minimum absolute atomic E-state index is 0. The van der Waals surface area contributed by atoms with Crippen LogP contribution >= 0.6 is 12.4 Å². The molecule has 1 aliphatic rings. The lowest BCUT2D eigenvalue weighted by Gasteiger charge is -2.23. The number of carbonyl (C=O) groups is 2. The molecule has 1 aromatic carbocycles. The summed E-state index contributed by atoms with van der Waals surface area (Å²) < 4.78 is 0. The normalized spacial score (nSPS) is 16.9. The van der Waals surface area contributed by atoms with Crippen molar-refractivity contribution < 1.29 is 9.59 Å². The second-order valence-corrected chi connectivity index (χ2v) is 5.82. The summed E-state index contributed by atoms with van der Waals surface area (Å²) in [5, 5.41) is 2.83. The van der Waals surface area contributed by atoms with Crippen molar-refractivity contribution in [3.63, 3.8) is 0 Å². The minimum Gasteiger partial charge on any atom is -0.325 e. The second kappa shape index (κ2) is 7.61. The Morgan fingerprint density at radius 3 is 2.50 bits per heavy atom. The van der Waals surface area contributed by atoms with Crippen LogP contribution in [-0.2, 0) is 9.59 Å². The number of halogens is 1. The Bertz CT molecular complexity index is 529. The molecule has 1 aliphatic heterocycles. The summed E-state index contributed by atoms with van der Waals surface area (Å²) in [6.07, 6.45) is 3.01. The standard InChI is InChI=1S/C16H23N3O2.ClH/c1-3-10-16(2,17)15(21)18-12-6-8-13(9-7-12)19-11-4-5-14(19)20;/h6-9H,3-5,10-11,17H2,1-2H3,(H,18,21);1H. The SMILES string of the molecule is CCCC(C)(N)C(=O)Nc1ccc(N2CCCC2=O)cc1.Cl. The molecule has 0 radical (unpaired) electrons. The molecule has 1 saturated heterocycles. The lowest BCUT2D eigenvalue weighted by molar-refractivity contribution is -0.121. The van der Waals surface area contributed by atoms with Gasteiger partial charge < -0.3 is 16.0 Å². The maximum atomic E-state index is 12.1. The van der Waals surface area contributed by atoms with Crippen molar-refractivity contribution in [3.8, 4) is 0 Å². The largest absolute Gasteiger partial charge is 0.325 e. The van der Waals surface area contributed by atoms with Crippen LogP contribution in [0, 0.1) is 0 Å². The first kappa shape index (κ1) is 18.5. The minimum atomic E-state index is -0.863. The zero-order chi connectivity index (χ0) is 15.5. The molecule has 1 aromatic rings. The van der Waals surface area contributed by atoms with E-state index in [4.69, 9.17) is 5.73 Å². The highest BCUT2D eigenvalue weighted by Crippen LogP contribution is 2.23. The molecule has 3 N–H and O–H groups in total. The Kier molecular flexibility index (Phi) is 6.38. The van der Waals surface area contributed by atoms with Gasteiger partial charge in [0.25, 0.3) is 0 Å². The first-order valence-corrected chi connectivity index (χ1v) is 7.45. The molecule has 6 heteroatoms. The van der Waals surface area contributed by atoms with Crippen LogP contribution in [0.1, 0.15) is 39.5 Å². The summed E-state index contributed by atoms with van der Waals surface area (Å²) in [5.41, 5.74) is 6.71. The number of hydrogen-bond acceptors (Lipinski definition) is 3. The average Bonchev–Trinajstić information content (AvgIpc) is 2.86. The highest BCUT2D eigenvalue weighted by molar-refractivity contribution is 5.98. The van der Waals surface area contributed by atoms with E-state index in [0.29, 0.717) is 18.5 Å². The van der Waals surface area contributed by atoms with E-state index >= 15 is 0 Å². The predicted molar refractivity (Wildman–Crippen MR) is 91.4 cm³/mol. The Balaban J connectivity index is 0.00000242. The number of benzene rings is 1. The van der Waals surface area contributed by atoms with E-state index in [-0.39, 0.29) is 24.2 Å². The van der Waals surface area contributed by atoms with Crippen molar-refractivity contribution >= 4 is 35.6 Å². The zero-order valence-corrected chi connectivity index (χ0v) is 13.9. The molecule has 2 amide bonds. The first-order chi connectivity index (χ1) is 9.94. The third-order valence-corrected chi connectivity index (χ3v) is 3.80. The van der Waals surface area contributed by atoms with Gasteiger partial charge in [0.15, 0.2) is 0 Å². The van der Waals surface area contributed by atoms with Crippen LogP contribution in [-0.4, -0.2) is 23.9 Å². The van der Waals surface area contributed by atoms with Crippen molar-refractivity contribution in [2.24, 2.45) is 5.73 Å². The van der Waals surface area contributed by atoms with Gasteiger partial charge in [0.2, 0.25) is 11.8 Å². The van der Waals surface area contributed by atoms with Gasteiger partial charge >= 0.3 is 0 Å². The molecular formula is C16H24ClN3O2. The van der Waals surface area contributed by atoms with Gasteiger partial charge in [0.1, 0.15) is 0 Å². The van der Waals surface area contributed by atoms with E-state index in [1.807, 2.05) is 19.1 Å². The van der Waals surface area contributed by atoms with E-state index in [1.165, 1.54) is 0 Å². The van der Waals surface area contributed by atoms with E-state index in [1.54, 1.807) is 24.0 Å². The van der Waals surface area contributed by atoms with Gasteiger partial charge in [-0.05, 0) is 44.0 Å². The van der Waals surface area contributed by atoms with Crippen LogP contribution in [0.15, 0.2) is 24.3 Å². The molecule has 1 heterocycles. The number of carbonyl (C=O) groups excluding carboxylic acids is 2. The molecule has 0 aliphatic carbocycles. The van der Waals surface area contributed by atoms with Crippen molar-refractivity contribution in [1.29, 1.82) is 0 Å². The Hall–Kier alpha value is -1.59. The summed E-state index contributed by atoms with van der Waals surface area (Å²) in [7, 11) is 0. The first-order valence-electron chi connectivity index (χ1n) is 7.45. The monoisotopic (exact) mass is 325 g/mol. The van der Waals surface area contributed by atoms with Crippen molar-refractivity contribution in [3.05, 3.63) is 24.3 Å². The second-order valence-electron chi connectivity index (χ2n) is 5.82. The number of nitrogens with one attached hydrogen (secondary N) is 1. The fourth-order valence-electron chi connectivity index (χ4n) is 2.55. The van der Waals surface area contributed by atoms with Crippen molar-refractivity contribution in [1.82, 2.24) is 0 Å². The van der Waals surface area contributed by atoms with Crippen LogP contribution in [0.5, 0.6) is 0 Å². The summed E-state index contributed by atoms with van der Waals surface area (Å²) in [5.74, 6) is -0.0291. The smallest absolute Gasteiger partial charge is 0.244 e. The van der Waals surface area contributed by atoms with Crippen molar-refractivity contribution in [2.75, 3.05) is 16.8 Å². The van der Waals surface area contributed by atoms with Crippen LogP contribution in [0.2, 0.25) is 0 Å². The van der Waals surface area contributed by atoms with Gasteiger partial charge in [-0.2, -0.15) is 0 Å². The highest BCUT2D eigenvalue weighted by atomic mass is 35.5. The number of nitrogens with two attached hydrogens (primary N) is 1. The highest BCUT2D eigenvalue weighted by Gasteiger charge is 2.27. The molecule has 2 rings (SSSR count). The molecule has 0 saturated carbocycles. The van der Waals surface area contributed by atoms with Crippen LogP contribution < -0.4 is 16.0 Å². The molecule has 122 valence electrons. The maximum absolute atomic E-state index is 12.1. The van der Waals surface area contributed by atoms with Crippen LogP contribution in [0.25, 0.3) is 0 Å². The molecule has 22 heavy (non-hydrogen) atoms. The fraction of sp³-hybridized carbons (Fsp3) is 0.500. The van der Waals surface area contributed by atoms with Gasteiger partial charge in [-0.25, -0.2) is 0 Å².